The molecule has 7 nitrogen and oxygen atoms in total. The third-order valence-corrected chi connectivity index (χ3v) is 5.92. The van der Waals surface area contributed by atoms with Crippen LogP contribution in [0.15, 0.2) is 24.3 Å². The van der Waals surface area contributed by atoms with Crippen LogP contribution < -0.4 is 4.90 Å². The van der Waals surface area contributed by atoms with Crippen LogP contribution in [0.4, 0.5) is 10.5 Å². The number of carbonyl (C=O) groups excluding carboxylic acids is 2. The molecule has 1 atom stereocenters. The minimum Gasteiger partial charge on any atom is -0.378 e. The number of para-hydroxylation sites is 1. The number of piperazine rings is 1. The van der Waals surface area contributed by atoms with Gasteiger partial charge in [0.05, 0.1) is 19.3 Å². The summed E-state index contributed by atoms with van der Waals surface area (Å²) in [5, 5.41) is 0. The first kappa shape index (κ1) is 18.3. The molecule has 2 saturated heterocycles. The first-order valence-corrected chi connectivity index (χ1v) is 9.90. The average Bonchev–Trinajstić information content (AvgIpc) is 3.17. The monoisotopic (exact) mass is 372 g/mol. The fraction of sp³-hybridized carbons (Fsp3) is 0.600. The maximum absolute atomic E-state index is 13.1. The summed E-state index contributed by atoms with van der Waals surface area (Å²) in [6.07, 6.45) is 0.927. The topological polar surface area (TPSA) is 56.3 Å². The second-order valence-electron chi connectivity index (χ2n) is 7.45. The largest absolute Gasteiger partial charge is 0.378 e. The lowest BCUT2D eigenvalue weighted by molar-refractivity contribution is -0.123. The van der Waals surface area contributed by atoms with E-state index in [1.54, 1.807) is 0 Å². The molecule has 0 N–H and O–H groups in total. The van der Waals surface area contributed by atoms with Crippen molar-refractivity contribution in [2.24, 2.45) is 0 Å². The van der Waals surface area contributed by atoms with Gasteiger partial charge in [0.15, 0.2) is 0 Å². The molecule has 3 amide bonds. The lowest BCUT2D eigenvalue weighted by Gasteiger charge is -2.40. The second-order valence-corrected chi connectivity index (χ2v) is 7.45. The molecule has 3 aliphatic rings. The maximum Gasteiger partial charge on any atom is 0.320 e. The Morgan fingerprint density at radius 1 is 0.926 bits per heavy atom. The number of hydrogen-bond donors (Lipinski definition) is 0. The highest BCUT2D eigenvalue weighted by Gasteiger charge is 2.33. The summed E-state index contributed by atoms with van der Waals surface area (Å²) in [5.74, 6) is 0.160. The molecule has 0 saturated carbocycles. The molecule has 3 aliphatic heterocycles. The molecule has 0 radical (unpaired) electrons. The number of anilines is 1. The van der Waals surface area contributed by atoms with Crippen LogP contribution in [0.2, 0.25) is 0 Å². The average molecular weight is 372 g/mol. The quantitative estimate of drug-likeness (QED) is 0.778. The number of carbonyl (C=O) groups is 2. The van der Waals surface area contributed by atoms with Crippen LogP contribution in [-0.2, 0) is 16.0 Å². The van der Waals surface area contributed by atoms with Gasteiger partial charge < -0.3 is 19.4 Å². The van der Waals surface area contributed by atoms with Gasteiger partial charge in [0.25, 0.3) is 0 Å². The van der Waals surface area contributed by atoms with E-state index in [1.165, 1.54) is 5.56 Å². The molecule has 0 spiro atoms. The van der Waals surface area contributed by atoms with Gasteiger partial charge >= 0.3 is 6.03 Å². The Morgan fingerprint density at radius 2 is 1.59 bits per heavy atom. The standard InChI is InChI=1S/C20H28N4O3/c1-16(19(25)24-7-6-17-4-2-3-5-18(17)24)21-8-10-22(11-9-21)20(26)23-12-14-27-15-13-23/h2-5,16H,6-15H2,1H3/t16-/m1/s1. The summed E-state index contributed by atoms with van der Waals surface area (Å²) in [6.45, 7) is 8.14. The van der Waals surface area contributed by atoms with Gasteiger partial charge in [-0.25, -0.2) is 4.79 Å². The Bertz CT molecular complexity index is 696. The summed E-state index contributed by atoms with van der Waals surface area (Å²) >= 11 is 0. The number of hydrogen-bond acceptors (Lipinski definition) is 4. The van der Waals surface area contributed by atoms with Gasteiger partial charge in [-0.2, -0.15) is 0 Å². The number of urea groups is 1. The maximum atomic E-state index is 13.1. The molecule has 27 heavy (non-hydrogen) atoms. The fourth-order valence-electron chi connectivity index (χ4n) is 4.20. The third kappa shape index (κ3) is 3.66. The van der Waals surface area contributed by atoms with Crippen LogP contribution in [0.5, 0.6) is 0 Å². The molecule has 7 heteroatoms. The molecule has 3 heterocycles. The van der Waals surface area contributed by atoms with Crippen molar-refractivity contribution in [2.75, 3.05) is 63.9 Å². The Labute approximate surface area is 160 Å². The zero-order valence-electron chi connectivity index (χ0n) is 16.0. The number of benzene rings is 1. The summed E-state index contributed by atoms with van der Waals surface area (Å²) < 4.78 is 5.32. The number of ether oxygens (including phenoxy) is 1. The highest BCUT2D eigenvalue weighted by molar-refractivity contribution is 5.98. The van der Waals surface area contributed by atoms with Gasteiger partial charge in [-0.05, 0) is 25.0 Å². The van der Waals surface area contributed by atoms with Gasteiger partial charge in [-0.3, -0.25) is 9.69 Å². The SMILES string of the molecule is C[C@H](C(=O)N1CCc2ccccc21)N1CCN(C(=O)N2CCOCC2)CC1. The van der Waals surface area contributed by atoms with Crippen molar-refractivity contribution in [1.82, 2.24) is 14.7 Å². The van der Waals surface area contributed by atoms with Crippen LogP contribution in [-0.4, -0.2) is 91.7 Å². The molecular weight excluding hydrogens is 344 g/mol. The van der Waals surface area contributed by atoms with Gasteiger partial charge in [-0.1, -0.05) is 18.2 Å². The second kappa shape index (κ2) is 7.86. The smallest absolute Gasteiger partial charge is 0.320 e. The van der Waals surface area contributed by atoms with E-state index in [0.29, 0.717) is 39.4 Å². The normalized spacial score (nSPS) is 21.9. The molecule has 0 aliphatic carbocycles. The van der Waals surface area contributed by atoms with E-state index in [0.717, 1.165) is 31.7 Å². The molecule has 2 fully saturated rings. The summed E-state index contributed by atoms with van der Waals surface area (Å²) in [5.41, 5.74) is 2.30. The van der Waals surface area contributed by atoms with Crippen molar-refractivity contribution < 1.29 is 14.3 Å². The Hall–Kier alpha value is -2.12. The van der Waals surface area contributed by atoms with Crippen molar-refractivity contribution in [2.45, 2.75) is 19.4 Å². The van der Waals surface area contributed by atoms with E-state index < -0.39 is 0 Å². The van der Waals surface area contributed by atoms with Crippen molar-refractivity contribution in [1.29, 1.82) is 0 Å². The highest BCUT2D eigenvalue weighted by atomic mass is 16.5. The number of nitrogens with zero attached hydrogens (tertiary/aromatic N) is 4. The summed E-state index contributed by atoms with van der Waals surface area (Å²) in [7, 11) is 0. The zero-order valence-corrected chi connectivity index (χ0v) is 16.0. The number of fused-ring (bicyclic) bond motifs is 1. The van der Waals surface area contributed by atoms with Gasteiger partial charge in [0, 0.05) is 51.5 Å². The van der Waals surface area contributed by atoms with Crippen molar-refractivity contribution in [3.8, 4) is 0 Å². The number of amides is 3. The Kier molecular flexibility index (Phi) is 5.31. The Morgan fingerprint density at radius 3 is 2.33 bits per heavy atom. The van der Waals surface area contributed by atoms with Crippen LogP contribution in [0, 0.1) is 0 Å². The lowest BCUT2D eigenvalue weighted by atomic mass is 10.1. The van der Waals surface area contributed by atoms with E-state index in [1.807, 2.05) is 39.8 Å². The minimum absolute atomic E-state index is 0.102. The van der Waals surface area contributed by atoms with E-state index in [2.05, 4.69) is 11.0 Å². The predicted octanol–water partition coefficient (Wildman–Crippen LogP) is 1.03. The van der Waals surface area contributed by atoms with Crippen LogP contribution in [0.1, 0.15) is 12.5 Å². The summed E-state index contributed by atoms with van der Waals surface area (Å²) in [6, 6.07) is 8.09. The molecule has 4 rings (SSSR count). The first-order chi connectivity index (χ1) is 13.1. The lowest BCUT2D eigenvalue weighted by Crippen LogP contribution is -2.58. The van der Waals surface area contributed by atoms with Crippen molar-refractivity contribution >= 4 is 17.6 Å². The third-order valence-electron chi connectivity index (χ3n) is 5.92. The van der Waals surface area contributed by atoms with Crippen LogP contribution >= 0.6 is 0 Å². The molecule has 1 aromatic rings. The van der Waals surface area contributed by atoms with Crippen molar-refractivity contribution in [3.05, 3.63) is 29.8 Å². The van der Waals surface area contributed by atoms with E-state index in [4.69, 9.17) is 4.74 Å². The molecule has 1 aromatic carbocycles. The summed E-state index contributed by atoms with van der Waals surface area (Å²) in [4.78, 5) is 33.6. The fourth-order valence-corrected chi connectivity index (χ4v) is 4.20. The number of rotatable bonds is 2. The molecular formula is C20H28N4O3. The van der Waals surface area contributed by atoms with Crippen LogP contribution in [0.25, 0.3) is 0 Å². The van der Waals surface area contributed by atoms with Gasteiger partial charge in [0.1, 0.15) is 0 Å². The minimum atomic E-state index is -0.170. The molecule has 0 bridgehead atoms. The van der Waals surface area contributed by atoms with E-state index in [9.17, 15) is 9.59 Å². The molecule has 146 valence electrons. The highest BCUT2D eigenvalue weighted by Crippen LogP contribution is 2.28. The molecule has 0 aromatic heterocycles. The van der Waals surface area contributed by atoms with E-state index >= 15 is 0 Å². The Balaban J connectivity index is 1.33. The van der Waals surface area contributed by atoms with Crippen molar-refractivity contribution in [3.63, 3.8) is 0 Å². The number of morpholine rings is 1. The van der Waals surface area contributed by atoms with Gasteiger partial charge in [-0.15, -0.1) is 0 Å². The molecule has 0 unspecified atom stereocenters. The van der Waals surface area contributed by atoms with Crippen LogP contribution in [0.3, 0.4) is 0 Å². The predicted molar refractivity (Wildman–Crippen MR) is 103 cm³/mol. The zero-order chi connectivity index (χ0) is 18.8. The van der Waals surface area contributed by atoms with Gasteiger partial charge in [0.2, 0.25) is 5.91 Å². The van der Waals surface area contributed by atoms with E-state index in [-0.39, 0.29) is 18.0 Å². The first-order valence-electron chi connectivity index (χ1n) is 9.90.